The van der Waals surface area contributed by atoms with Crippen LogP contribution >= 0.6 is 0 Å². The van der Waals surface area contributed by atoms with Crippen molar-refractivity contribution in [3.63, 3.8) is 0 Å². The van der Waals surface area contributed by atoms with Gasteiger partial charge < -0.3 is 14.8 Å². The van der Waals surface area contributed by atoms with Crippen molar-refractivity contribution >= 4 is 11.9 Å². The van der Waals surface area contributed by atoms with E-state index in [1.807, 2.05) is 27.7 Å². The normalized spacial score (nSPS) is 24.1. The topological polar surface area (TPSA) is 64.6 Å². The molecule has 1 heterocycles. The average Bonchev–Trinajstić information content (AvgIpc) is 2.54. The minimum atomic E-state index is -0.528. The Bertz CT molecular complexity index is 632. The van der Waals surface area contributed by atoms with Crippen molar-refractivity contribution in [2.75, 3.05) is 0 Å². The number of hydrogen-bond donors (Lipinski definition) is 1. The van der Waals surface area contributed by atoms with Gasteiger partial charge in [0.15, 0.2) is 6.23 Å². The molecular formula is C20H29NO4. The molecule has 1 saturated heterocycles. The molecule has 138 valence electrons. The van der Waals surface area contributed by atoms with E-state index in [1.165, 1.54) is 0 Å². The van der Waals surface area contributed by atoms with Crippen molar-refractivity contribution in [3.8, 4) is 5.75 Å². The second-order valence-corrected chi connectivity index (χ2v) is 7.70. The predicted molar refractivity (Wildman–Crippen MR) is 96.3 cm³/mol. The number of rotatable bonds is 6. The van der Waals surface area contributed by atoms with Gasteiger partial charge in [-0.1, -0.05) is 27.2 Å². The summed E-state index contributed by atoms with van der Waals surface area (Å²) in [6, 6.07) is 6.84. The molecule has 25 heavy (non-hydrogen) atoms. The highest BCUT2D eigenvalue weighted by Crippen LogP contribution is 2.44. The summed E-state index contributed by atoms with van der Waals surface area (Å²) in [6.07, 6.45) is 1.31. The van der Waals surface area contributed by atoms with Gasteiger partial charge in [-0.05, 0) is 57.4 Å². The molecule has 3 atom stereocenters. The number of carbonyl (C=O) groups excluding carboxylic acids is 2. The first-order valence-corrected chi connectivity index (χ1v) is 8.95. The minimum Gasteiger partial charge on any atom is -0.469 e. The van der Waals surface area contributed by atoms with E-state index < -0.39 is 11.0 Å². The molecule has 0 saturated carbocycles. The highest BCUT2D eigenvalue weighted by atomic mass is 16.6. The number of β-lactam (4-membered cyclic amide) rings is 1. The summed E-state index contributed by atoms with van der Waals surface area (Å²) in [4.78, 5) is 24.3. The van der Waals surface area contributed by atoms with Gasteiger partial charge in [0.25, 0.3) is 0 Å². The van der Waals surface area contributed by atoms with Crippen LogP contribution in [0, 0.1) is 11.3 Å². The standard InChI is InChI=1S/C20H29NO4/c1-7-13(3)20(8-2)17(23)21-18(20)24-15-11-9-14(10-12-15)16(22)25-19(4,5)6/h9-13,18H,7-8H2,1-6H3,(H,21,23)/t13?,18-,20+/m0/s1. The Morgan fingerprint density at radius 2 is 1.84 bits per heavy atom. The van der Waals surface area contributed by atoms with E-state index in [1.54, 1.807) is 24.3 Å². The first kappa shape index (κ1) is 19.3. The molecule has 0 radical (unpaired) electrons. The molecule has 0 aromatic heterocycles. The number of esters is 1. The van der Waals surface area contributed by atoms with Crippen molar-refractivity contribution in [1.82, 2.24) is 5.32 Å². The number of amides is 1. The first-order valence-electron chi connectivity index (χ1n) is 8.95. The molecule has 1 fully saturated rings. The van der Waals surface area contributed by atoms with Gasteiger partial charge in [-0.3, -0.25) is 4.79 Å². The molecule has 1 aromatic rings. The fourth-order valence-electron chi connectivity index (χ4n) is 3.24. The van der Waals surface area contributed by atoms with Gasteiger partial charge in [0.1, 0.15) is 16.8 Å². The summed E-state index contributed by atoms with van der Waals surface area (Å²) in [6.45, 7) is 11.7. The first-order chi connectivity index (χ1) is 11.6. The smallest absolute Gasteiger partial charge is 0.338 e. The van der Waals surface area contributed by atoms with Crippen LogP contribution in [0.5, 0.6) is 5.75 Å². The molecule has 5 nitrogen and oxygen atoms in total. The molecule has 0 bridgehead atoms. The molecule has 1 amide bonds. The van der Waals surface area contributed by atoms with Gasteiger partial charge in [0.05, 0.1) is 5.56 Å². The number of ether oxygens (including phenoxy) is 2. The van der Waals surface area contributed by atoms with Gasteiger partial charge in [-0.25, -0.2) is 4.79 Å². The maximum absolute atomic E-state index is 12.2. The van der Waals surface area contributed by atoms with Crippen LogP contribution in [0.3, 0.4) is 0 Å². The van der Waals surface area contributed by atoms with Crippen molar-refractivity contribution in [1.29, 1.82) is 0 Å². The zero-order chi connectivity index (χ0) is 18.8. The maximum Gasteiger partial charge on any atom is 0.338 e. The van der Waals surface area contributed by atoms with Crippen molar-refractivity contribution < 1.29 is 19.1 Å². The van der Waals surface area contributed by atoms with E-state index >= 15 is 0 Å². The molecule has 1 unspecified atom stereocenters. The van der Waals surface area contributed by atoms with Crippen LogP contribution in [-0.4, -0.2) is 23.7 Å². The lowest BCUT2D eigenvalue weighted by Gasteiger charge is -2.50. The second-order valence-electron chi connectivity index (χ2n) is 7.70. The SMILES string of the molecule is CCC(C)[C@]1(CC)C(=O)N[C@H]1Oc1ccc(C(=O)OC(C)(C)C)cc1. The fourth-order valence-corrected chi connectivity index (χ4v) is 3.24. The highest BCUT2D eigenvalue weighted by Gasteiger charge is 2.58. The van der Waals surface area contributed by atoms with E-state index in [9.17, 15) is 9.59 Å². The van der Waals surface area contributed by atoms with Gasteiger partial charge in [0.2, 0.25) is 5.91 Å². The van der Waals surface area contributed by atoms with E-state index in [2.05, 4.69) is 19.2 Å². The molecule has 1 aliphatic heterocycles. The molecule has 1 N–H and O–H groups in total. The molecular weight excluding hydrogens is 318 g/mol. The van der Waals surface area contributed by atoms with Crippen LogP contribution in [0.2, 0.25) is 0 Å². The van der Waals surface area contributed by atoms with Crippen LogP contribution in [0.4, 0.5) is 0 Å². The van der Waals surface area contributed by atoms with Crippen molar-refractivity contribution in [2.45, 2.75) is 66.2 Å². The molecule has 0 aliphatic carbocycles. The number of benzene rings is 1. The number of nitrogens with one attached hydrogen (secondary N) is 1. The Morgan fingerprint density at radius 1 is 1.24 bits per heavy atom. The Labute approximate surface area is 150 Å². The van der Waals surface area contributed by atoms with Crippen LogP contribution in [0.15, 0.2) is 24.3 Å². The maximum atomic E-state index is 12.2. The summed E-state index contributed by atoms with van der Waals surface area (Å²) in [7, 11) is 0. The Morgan fingerprint density at radius 3 is 2.28 bits per heavy atom. The number of hydrogen-bond acceptors (Lipinski definition) is 4. The summed E-state index contributed by atoms with van der Waals surface area (Å²) in [5, 5.41) is 2.86. The monoisotopic (exact) mass is 347 g/mol. The Hall–Kier alpha value is -2.04. The Balaban J connectivity index is 2.09. The molecule has 1 aliphatic rings. The van der Waals surface area contributed by atoms with Gasteiger partial charge in [-0.2, -0.15) is 0 Å². The van der Waals surface area contributed by atoms with Gasteiger partial charge >= 0.3 is 5.97 Å². The zero-order valence-electron chi connectivity index (χ0n) is 16.0. The molecule has 0 spiro atoms. The summed E-state index contributed by atoms with van der Waals surface area (Å²) in [5.74, 6) is 0.550. The molecule has 1 aromatic carbocycles. The minimum absolute atomic E-state index is 0.0553. The van der Waals surface area contributed by atoms with Gasteiger partial charge in [-0.15, -0.1) is 0 Å². The predicted octanol–water partition coefficient (Wildman–Crippen LogP) is 3.92. The van der Waals surface area contributed by atoms with Crippen molar-refractivity contribution in [2.24, 2.45) is 11.3 Å². The summed E-state index contributed by atoms with van der Waals surface area (Å²) < 4.78 is 11.4. The third-order valence-corrected chi connectivity index (χ3v) is 4.97. The van der Waals surface area contributed by atoms with E-state index in [-0.39, 0.29) is 24.0 Å². The van der Waals surface area contributed by atoms with Crippen molar-refractivity contribution in [3.05, 3.63) is 29.8 Å². The van der Waals surface area contributed by atoms with Crippen LogP contribution < -0.4 is 10.1 Å². The third kappa shape index (κ3) is 3.80. The second kappa shape index (κ2) is 7.06. The summed E-state index contributed by atoms with van der Waals surface area (Å²) in [5.41, 5.74) is -0.540. The number of carbonyl (C=O) groups is 2. The third-order valence-electron chi connectivity index (χ3n) is 4.97. The average molecular weight is 347 g/mol. The van der Waals surface area contributed by atoms with Crippen LogP contribution in [0.25, 0.3) is 0 Å². The van der Waals surface area contributed by atoms with E-state index in [0.29, 0.717) is 11.3 Å². The lowest BCUT2D eigenvalue weighted by molar-refractivity contribution is -0.169. The molecule has 5 heteroatoms. The van der Waals surface area contributed by atoms with Crippen LogP contribution in [-0.2, 0) is 9.53 Å². The largest absolute Gasteiger partial charge is 0.469 e. The quantitative estimate of drug-likeness (QED) is 0.626. The van der Waals surface area contributed by atoms with E-state index in [4.69, 9.17) is 9.47 Å². The highest BCUT2D eigenvalue weighted by molar-refractivity contribution is 5.90. The van der Waals surface area contributed by atoms with E-state index in [0.717, 1.165) is 12.8 Å². The van der Waals surface area contributed by atoms with Crippen LogP contribution in [0.1, 0.15) is 64.7 Å². The zero-order valence-corrected chi connectivity index (χ0v) is 16.0. The lowest BCUT2D eigenvalue weighted by Crippen LogP contribution is -2.71. The summed E-state index contributed by atoms with van der Waals surface area (Å²) >= 11 is 0. The lowest BCUT2D eigenvalue weighted by atomic mass is 9.66. The van der Waals surface area contributed by atoms with Gasteiger partial charge in [0, 0.05) is 0 Å². The molecule has 2 rings (SSSR count). The Kier molecular flexibility index (Phi) is 5.45. The fraction of sp³-hybridized carbons (Fsp3) is 0.600.